The van der Waals surface area contributed by atoms with Crippen LogP contribution in [0.15, 0.2) is 24.4 Å². The van der Waals surface area contributed by atoms with Gasteiger partial charge in [0, 0.05) is 24.2 Å². The fourth-order valence-electron chi connectivity index (χ4n) is 2.32. The van der Waals surface area contributed by atoms with E-state index in [-0.39, 0.29) is 11.1 Å². The normalized spacial score (nSPS) is 10.5. The number of anilines is 1. The van der Waals surface area contributed by atoms with E-state index in [2.05, 4.69) is 10.4 Å². The van der Waals surface area contributed by atoms with E-state index in [4.69, 9.17) is 0 Å². The molecule has 0 saturated heterocycles. The number of nitrogens with one attached hydrogen (secondary N) is 1. The van der Waals surface area contributed by atoms with Crippen LogP contribution in [0.3, 0.4) is 0 Å². The number of hydrogen-bond acceptors (Lipinski definition) is 6. The smallest absolute Gasteiger partial charge is 0.279 e. The number of carbonyl (C=O) groups excluding carboxylic acids is 1. The Kier molecular flexibility index (Phi) is 5.42. The maximum absolute atomic E-state index is 12.5. The predicted molar refractivity (Wildman–Crippen MR) is 89.6 cm³/mol. The molecule has 1 heterocycles. The summed E-state index contributed by atoms with van der Waals surface area (Å²) in [6.45, 7) is 4.01. The van der Waals surface area contributed by atoms with Gasteiger partial charge >= 0.3 is 0 Å². The third kappa shape index (κ3) is 3.97. The number of aryl methyl sites for hydroxylation is 1. The lowest BCUT2D eigenvalue weighted by atomic mass is 10.0. The Hall–Kier alpha value is -3.30. The van der Waals surface area contributed by atoms with Gasteiger partial charge in [0.15, 0.2) is 0 Å². The van der Waals surface area contributed by atoms with Crippen molar-refractivity contribution in [2.45, 2.75) is 33.2 Å². The van der Waals surface area contributed by atoms with E-state index >= 15 is 0 Å². The summed E-state index contributed by atoms with van der Waals surface area (Å²) < 4.78 is 1.60. The van der Waals surface area contributed by atoms with Gasteiger partial charge in [0.25, 0.3) is 17.3 Å². The Morgan fingerprint density at radius 3 is 2.60 bits per heavy atom. The van der Waals surface area contributed by atoms with E-state index in [0.29, 0.717) is 12.4 Å². The highest BCUT2D eigenvalue weighted by Crippen LogP contribution is 2.28. The molecule has 0 atom stereocenters. The monoisotopic (exact) mass is 347 g/mol. The van der Waals surface area contributed by atoms with Crippen molar-refractivity contribution < 1.29 is 14.6 Å². The summed E-state index contributed by atoms with van der Waals surface area (Å²) in [4.78, 5) is 33.1. The number of unbranched alkanes of at least 4 members (excludes halogenated alkanes) is 1. The maximum Gasteiger partial charge on any atom is 0.279 e. The summed E-state index contributed by atoms with van der Waals surface area (Å²) in [5, 5.41) is 28.8. The van der Waals surface area contributed by atoms with Crippen molar-refractivity contribution in [2.24, 2.45) is 0 Å². The summed E-state index contributed by atoms with van der Waals surface area (Å²) in [6.07, 6.45) is 3.34. The number of amides is 1. The fraction of sp³-hybridized carbons (Fsp3) is 0.333. The summed E-state index contributed by atoms with van der Waals surface area (Å²) >= 11 is 0. The topological polar surface area (TPSA) is 133 Å². The molecule has 1 aromatic heterocycles. The van der Waals surface area contributed by atoms with Gasteiger partial charge in [0.05, 0.1) is 27.7 Å². The summed E-state index contributed by atoms with van der Waals surface area (Å²) in [7, 11) is 0. The van der Waals surface area contributed by atoms with Crippen molar-refractivity contribution in [1.29, 1.82) is 0 Å². The summed E-state index contributed by atoms with van der Waals surface area (Å²) in [5.41, 5.74) is -1.04. The molecule has 132 valence electrons. The number of rotatable bonds is 7. The molecule has 25 heavy (non-hydrogen) atoms. The molecule has 0 saturated carbocycles. The van der Waals surface area contributed by atoms with Gasteiger partial charge in [-0.1, -0.05) is 13.3 Å². The number of hydrogen-bond donors (Lipinski definition) is 1. The van der Waals surface area contributed by atoms with Crippen molar-refractivity contribution >= 4 is 23.1 Å². The first-order valence-electron chi connectivity index (χ1n) is 7.61. The molecule has 0 fully saturated rings. The van der Waals surface area contributed by atoms with Crippen molar-refractivity contribution in [3.8, 4) is 0 Å². The zero-order chi connectivity index (χ0) is 18.6. The third-order valence-corrected chi connectivity index (χ3v) is 3.70. The Labute approximate surface area is 142 Å². The largest absolute Gasteiger partial charge is 0.307 e. The fourth-order valence-corrected chi connectivity index (χ4v) is 2.32. The van der Waals surface area contributed by atoms with Gasteiger partial charge < -0.3 is 5.32 Å². The first-order valence-corrected chi connectivity index (χ1v) is 7.61. The van der Waals surface area contributed by atoms with Crippen LogP contribution >= 0.6 is 0 Å². The molecule has 0 bridgehead atoms. The number of non-ortho nitro benzene ring substituents is 1. The summed E-state index contributed by atoms with van der Waals surface area (Å²) in [6, 6.07) is 3.47. The second-order valence-corrected chi connectivity index (χ2v) is 5.40. The first kappa shape index (κ1) is 18.0. The van der Waals surface area contributed by atoms with Crippen molar-refractivity contribution in [1.82, 2.24) is 9.78 Å². The number of nitrogens with zero attached hydrogens (tertiary/aromatic N) is 4. The van der Waals surface area contributed by atoms with Crippen LogP contribution < -0.4 is 5.32 Å². The van der Waals surface area contributed by atoms with Gasteiger partial charge in [0.2, 0.25) is 0 Å². The second-order valence-electron chi connectivity index (χ2n) is 5.40. The second kappa shape index (κ2) is 7.51. The average molecular weight is 347 g/mol. The van der Waals surface area contributed by atoms with E-state index < -0.39 is 27.1 Å². The molecular weight excluding hydrogens is 330 g/mol. The molecule has 0 unspecified atom stereocenters. The van der Waals surface area contributed by atoms with Crippen molar-refractivity contribution in [3.63, 3.8) is 0 Å². The standard InChI is InChI=1S/C15H17N5O5/c1-3-4-7-18-14(5-6-16-18)17-15(21)12-8-11(19(22)23)9-13(10(12)2)20(24)25/h5-6,8-9H,3-4,7H2,1-2H3,(H,17,21). The van der Waals surface area contributed by atoms with Crippen LogP contribution in [0.25, 0.3) is 0 Å². The van der Waals surface area contributed by atoms with Crippen molar-refractivity contribution in [3.05, 3.63) is 55.8 Å². The molecular formula is C15H17N5O5. The molecule has 0 aliphatic rings. The first-order chi connectivity index (χ1) is 11.8. The quantitative estimate of drug-likeness (QED) is 0.604. The van der Waals surface area contributed by atoms with Gasteiger partial charge in [-0.05, 0) is 13.3 Å². The minimum absolute atomic E-state index is 0.0627. The molecule has 1 amide bonds. The highest BCUT2D eigenvalue weighted by Gasteiger charge is 2.25. The molecule has 0 spiro atoms. The summed E-state index contributed by atoms with van der Waals surface area (Å²) in [5.74, 6) is -0.241. The van der Waals surface area contributed by atoms with Crippen molar-refractivity contribution in [2.75, 3.05) is 5.32 Å². The number of benzene rings is 1. The minimum Gasteiger partial charge on any atom is -0.307 e. The van der Waals surface area contributed by atoms with Gasteiger partial charge in [-0.2, -0.15) is 5.10 Å². The van der Waals surface area contributed by atoms with E-state index in [1.807, 2.05) is 6.92 Å². The zero-order valence-electron chi connectivity index (χ0n) is 13.8. The number of carbonyl (C=O) groups is 1. The van der Waals surface area contributed by atoms with E-state index in [1.165, 1.54) is 13.1 Å². The molecule has 2 rings (SSSR count). The highest BCUT2D eigenvalue weighted by atomic mass is 16.6. The zero-order valence-corrected chi connectivity index (χ0v) is 13.8. The Bertz CT molecular complexity index is 830. The molecule has 2 aromatic rings. The van der Waals surface area contributed by atoms with Crippen LogP contribution in [0.1, 0.15) is 35.7 Å². The van der Waals surface area contributed by atoms with Crippen LogP contribution in [0, 0.1) is 27.2 Å². The number of nitro groups is 2. The van der Waals surface area contributed by atoms with Gasteiger partial charge in [0.1, 0.15) is 5.82 Å². The Balaban J connectivity index is 2.37. The molecule has 0 radical (unpaired) electrons. The van der Waals surface area contributed by atoms with Crippen LogP contribution in [-0.2, 0) is 6.54 Å². The van der Waals surface area contributed by atoms with E-state index in [9.17, 15) is 25.0 Å². The molecule has 10 heteroatoms. The van der Waals surface area contributed by atoms with Crippen LogP contribution in [0.2, 0.25) is 0 Å². The minimum atomic E-state index is -0.769. The molecule has 0 aliphatic heterocycles. The molecule has 1 N–H and O–H groups in total. The van der Waals surface area contributed by atoms with Crippen LogP contribution in [-0.4, -0.2) is 25.5 Å². The molecule has 1 aromatic carbocycles. The lowest BCUT2D eigenvalue weighted by Crippen LogP contribution is -2.17. The van der Waals surface area contributed by atoms with Crippen LogP contribution in [0.4, 0.5) is 17.2 Å². The predicted octanol–water partition coefficient (Wildman–Crippen LogP) is 3.06. The lowest BCUT2D eigenvalue weighted by Gasteiger charge is -2.10. The van der Waals surface area contributed by atoms with Crippen LogP contribution in [0.5, 0.6) is 0 Å². The van der Waals surface area contributed by atoms with E-state index in [0.717, 1.165) is 25.0 Å². The SMILES string of the molecule is CCCCn1nccc1NC(=O)c1cc([N+](=O)[O-])cc([N+](=O)[O-])c1C. The molecule has 10 nitrogen and oxygen atoms in total. The lowest BCUT2D eigenvalue weighted by molar-refractivity contribution is -0.394. The Morgan fingerprint density at radius 2 is 2.00 bits per heavy atom. The third-order valence-electron chi connectivity index (χ3n) is 3.70. The average Bonchev–Trinajstić information content (AvgIpc) is 2.99. The molecule has 0 aliphatic carbocycles. The number of nitro benzene ring substituents is 2. The van der Waals surface area contributed by atoms with Gasteiger partial charge in [-0.15, -0.1) is 0 Å². The van der Waals surface area contributed by atoms with Gasteiger partial charge in [-0.3, -0.25) is 25.0 Å². The van der Waals surface area contributed by atoms with Gasteiger partial charge in [-0.25, -0.2) is 4.68 Å². The Morgan fingerprint density at radius 1 is 1.28 bits per heavy atom. The number of aromatic nitrogens is 2. The highest BCUT2D eigenvalue weighted by molar-refractivity contribution is 6.06. The van der Waals surface area contributed by atoms with E-state index in [1.54, 1.807) is 10.7 Å². The maximum atomic E-state index is 12.5.